The van der Waals surface area contributed by atoms with Gasteiger partial charge in [0.05, 0.1) is 6.04 Å². The van der Waals surface area contributed by atoms with Gasteiger partial charge in [0.2, 0.25) is 0 Å². The highest BCUT2D eigenvalue weighted by atomic mass is 15.2. The molecule has 2 heteroatoms. The van der Waals surface area contributed by atoms with Crippen LogP contribution >= 0.6 is 0 Å². The van der Waals surface area contributed by atoms with Crippen LogP contribution in [0.1, 0.15) is 13.3 Å². The zero-order valence-electron chi connectivity index (χ0n) is 5.18. The van der Waals surface area contributed by atoms with Crippen molar-refractivity contribution < 1.29 is 0 Å². The van der Waals surface area contributed by atoms with Gasteiger partial charge in [-0.15, -0.1) is 0 Å². The molecule has 0 aromatic heterocycles. The molecule has 1 rings (SSSR count). The minimum absolute atomic E-state index is 0.264. The van der Waals surface area contributed by atoms with E-state index in [1.54, 1.807) is 4.90 Å². The van der Waals surface area contributed by atoms with Gasteiger partial charge in [0.25, 0.3) is 0 Å². The summed E-state index contributed by atoms with van der Waals surface area (Å²) in [6, 6.07) is 0.264. The molecule has 0 aliphatic carbocycles. The molecule has 0 saturated heterocycles. The maximum absolute atomic E-state index is 4.00. The number of likely N-dealkylation sites (N-methyl/N-ethyl adjacent to an activating group) is 1. The second kappa shape index (κ2) is 2.16. The number of nitrogens with zero attached hydrogens (tertiary/aromatic N) is 2. The van der Waals surface area contributed by atoms with Crippen molar-refractivity contribution in [1.82, 2.24) is 4.90 Å². The topological polar surface area (TPSA) is 15.6 Å². The van der Waals surface area contributed by atoms with Crippen molar-refractivity contribution in [2.24, 2.45) is 4.99 Å². The van der Waals surface area contributed by atoms with E-state index in [2.05, 4.69) is 24.8 Å². The molecule has 0 amide bonds. The normalized spacial score (nSPS) is 27.2. The Morgan fingerprint density at radius 3 is 2.75 bits per heavy atom. The maximum atomic E-state index is 4.00. The third-order valence-electron chi connectivity index (χ3n) is 1.09. The average molecular weight is 109 g/mol. The fourth-order valence-corrected chi connectivity index (χ4v) is 0.620. The Kier molecular flexibility index (Phi) is 1.51. The third kappa shape index (κ3) is 0.997. The lowest BCUT2D eigenvalue weighted by Crippen LogP contribution is -2.10. The van der Waals surface area contributed by atoms with Crippen LogP contribution in [-0.2, 0) is 0 Å². The van der Waals surface area contributed by atoms with Crippen molar-refractivity contribution in [2.45, 2.75) is 19.4 Å². The van der Waals surface area contributed by atoms with Gasteiger partial charge < -0.3 is 4.90 Å². The van der Waals surface area contributed by atoms with Crippen LogP contribution in [0.25, 0.3) is 0 Å². The first kappa shape index (κ1) is 5.60. The van der Waals surface area contributed by atoms with E-state index in [4.69, 9.17) is 0 Å². The molecule has 3 radical (unpaired) electrons. The summed E-state index contributed by atoms with van der Waals surface area (Å²) >= 11 is 0. The molecule has 1 aliphatic rings. The van der Waals surface area contributed by atoms with Crippen LogP contribution in [0.4, 0.5) is 0 Å². The second-order valence-electron chi connectivity index (χ2n) is 1.84. The van der Waals surface area contributed by atoms with Crippen molar-refractivity contribution in [2.75, 3.05) is 7.05 Å². The van der Waals surface area contributed by atoms with Crippen LogP contribution in [0, 0.1) is 6.54 Å². The first-order valence-electron chi connectivity index (χ1n) is 2.78. The van der Waals surface area contributed by atoms with Crippen LogP contribution in [0.3, 0.4) is 0 Å². The molecule has 0 N–H and O–H groups in total. The average Bonchev–Trinajstić information content (AvgIpc) is 2.14. The van der Waals surface area contributed by atoms with E-state index in [1.807, 2.05) is 7.05 Å². The minimum atomic E-state index is 0.264. The Morgan fingerprint density at radius 2 is 2.50 bits per heavy atom. The SMILES string of the molecule is CCC1[C]N(C)[C]=N1. The largest absolute Gasteiger partial charge is 0.344 e. The van der Waals surface area contributed by atoms with Crippen molar-refractivity contribution in [3.63, 3.8) is 0 Å². The van der Waals surface area contributed by atoms with Crippen molar-refractivity contribution in [3.05, 3.63) is 6.54 Å². The highest BCUT2D eigenvalue weighted by Gasteiger charge is 2.13. The highest BCUT2D eigenvalue weighted by molar-refractivity contribution is 5.59. The van der Waals surface area contributed by atoms with Gasteiger partial charge in [-0.25, -0.2) is 0 Å². The molecule has 0 bridgehead atoms. The van der Waals surface area contributed by atoms with Crippen LogP contribution in [0.5, 0.6) is 0 Å². The molecule has 43 valence electrons. The van der Waals surface area contributed by atoms with Crippen molar-refractivity contribution in [1.29, 1.82) is 0 Å². The molecular weight excluding hydrogens is 100 g/mol. The van der Waals surface area contributed by atoms with Gasteiger partial charge in [-0.05, 0) is 6.42 Å². The highest BCUT2D eigenvalue weighted by Crippen LogP contribution is 2.08. The second-order valence-corrected chi connectivity index (χ2v) is 1.84. The molecule has 2 nitrogen and oxygen atoms in total. The Bertz CT molecular complexity index is 98.7. The Morgan fingerprint density at radius 1 is 1.75 bits per heavy atom. The van der Waals surface area contributed by atoms with E-state index in [1.165, 1.54) is 0 Å². The Balaban J connectivity index is 2.34. The van der Waals surface area contributed by atoms with E-state index < -0.39 is 0 Å². The molecule has 0 aromatic carbocycles. The van der Waals surface area contributed by atoms with E-state index in [-0.39, 0.29) is 6.04 Å². The third-order valence-corrected chi connectivity index (χ3v) is 1.09. The first-order valence-corrected chi connectivity index (χ1v) is 2.78. The van der Waals surface area contributed by atoms with E-state index in [9.17, 15) is 0 Å². The zero-order valence-corrected chi connectivity index (χ0v) is 5.18. The summed E-state index contributed by atoms with van der Waals surface area (Å²) in [4.78, 5) is 5.74. The fourth-order valence-electron chi connectivity index (χ4n) is 0.620. The summed E-state index contributed by atoms with van der Waals surface area (Å²) in [7, 11) is 1.89. The summed E-state index contributed by atoms with van der Waals surface area (Å²) in [5.74, 6) is 0. The maximum Gasteiger partial charge on any atom is 0.167 e. The summed E-state index contributed by atoms with van der Waals surface area (Å²) < 4.78 is 0. The Labute approximate surface area is 50.2 Å². The smallest absolute Gasteiger partial charge is 0.167 e. The van der Waals surface area contributed by atoms with Crippen molar-refractivity contribution >= 4 is 6.34 Å². The van der Waals surface area contributed by atoms with Crippen LogP contribution in [-0.4, -0.2) is 24.3 Å². The molecule has 0 saturated carbocycles. The summed E-state index contributed by atoms with van der Waals surface area (Å²) in [6.45, 7) is 5.14. The van der Waals surface area contributed by atoms with Gasteiger partial charge in [0.1, 0.15) is 6.54 Å². The van der Waals surface area contributed by atoms with E-state index in [0.29, 0.717) is 0 Å². The summed E-state index contributed by atoms with van der Waals surface area (Å²) in [5, 5.41) is 0. The lowest BCUT2D eigenvalue weighted by molar-refractivity contribution is 0.589. The van der Waals surface area contributed by atoms with E-state index in [0.717, 1.165) is 6.42 Å². The standard InChI is InChI=1S/C6H9N2/c1-3-6-4-8(2)5-7-6/h6H,3H2,1-2H3. The molecule has 1 unspecified atom stereocenters. The first-order chi connectivity index (χ1) is 3.83. The lowest BCUT2D eigenvalue weighted by atomic mass is 10.2. The molecule has 0 spiro atoms. The van der Waals surface area contributed by atoms with E-state index >= 15 is 0 Å². The van der Waals surface area contributed by atoms with Gasteiger partial charge in [-0.3, -0.25) is 4.99 Å². The molecule has 1 atom stereocenters. The minimum Gasteiger partial charge on any atom is -0.344 e. The number of aliphatic imine (C=N–C) groups is 1. The molecule has 0 fully saturated rings. The Hall–Kier alpha value is -0.530. The summed E-state index contributed by atoms with van der Waals surface area (Å²) in [5.41, 5.74) is 0. The molecule has 1 heterocycles. The monoisotopic (exact) mass is 109 g/mol. The van der Waals surface area contributed by atoms with Gasteiger partial charge in [0.15, 0.2) is 6.34 Å². The van der Waals surface area contributed by atoms with Crippen LogP contribution in [0.15, 0.2) is 4.99 Å². The fraction of sp³-hybridized carbons (Fsp3) is 0.667. The van der Waals surface area contributed by atoms with Gasteiger partial charge in [-0.2, -0.15) is 0 Å². The summed E-state index contributed by atoms with van der Waals surface area (Å²) in [6.07, 6.45) is 3.79. The molecular formula is C6H9N2. The lowest BCUT2D eigenvalue weighted by Gasteiger charge is -2.03. The predicted molar refractivity (Wildman–Crippen MR) is 32.5 cm³/mol. The van der Waals surface area contributed by atoms with Crippen LogP contribution in [0.2, 0.25) is 0 Å². The van der Waals surface area contributed by atoms with Gasteiger partial charge in [0, 0.05) is 7.05 Å². The predicted octanol–water partition coefficient (Wildman–Crippen LogP) is 0.654. The molecule has 1 aliphatic heterocycles. The number of hydrogen-bond donors (Lipinski definition) is 0. The number of rotatable bonds is 1. The van der Waals surface area contributed by atoms with Crippen LogP contribution < -0.4 is 0 Å². The molecule has 0 aromatic rings. The molecule has 8 heavy (non-hydrogen) atoms. The van der Waals surface area contributed by atoms with Gasteiger partial charge in [-0.1, -0.05) is 6.92 Å². The zero-order chi connectivity index (χ0) is 5.98. The quantitative estimate of drug-likeness (QED) is 0.483. The van der Waals surface area contributed by atoms with Gasteiger partial charge >= 0.3 is 0 Å². The van der Waals surface area contributed by atoms with Crippen molar-refractivity contribution in [3.8, 4) is 0 Å². The number of hydrogen-bond acceptors (Lipinski definition) is 2.